The predicted octanol–water partition coefficient (Wildman–Crippen LogP) is 0.229. The summed E-state index contributed by atoms with van der Waals surface area (Å²) in [4.78, 5) is 17.3. The van der Waals surface area contributed by atoms with E-state index in [1.807, 2.05) is 11.9 Å². The fraction of sp³-hybridized carbons (Fsp3) is 0.750. The SMILES string of the molecule is CCN(CC)c1nc(NN)nc(N(C)C2CCOC2)n1. The molecule has 2 rings (SSSR count). The van der Waals surface area contributed by atoms with Crippen molar-refractivity contribution in [3.63, 3.8) is 0 Å². The van der Waals surface area contributed by atoms with Crippen molar-refractivity contribution in [2.24, 2.45) is 5.84 Å². The summed E-state index contributed by atoms with van der Waals surface area (Å²) in [6, 6.07) is 0.299. The molecule has 0 amide bonds. The number of nitrogens with one attached hydrogen (secondary N) is 1. The molecule has 8 nitrogen and oxygen atoms in total. The highest BCUT2D eigenvalue weighted by molar-refractivity contribution is 5.45. The van der Waals surface area contributed by atoms with Crippen molar-refractivity contribution in [3.05, 3.63) is 0 Å². The fourth-order valence-electron chi connectivity index (χ4n) is 2.21. The van der Waals surface area contributed by atoms with Crippen molar-refractivity contribution in [1.29, 1.82) is 0 Å². The molecule has 0 aliphatic carbocycles. The summed E-state index contributed by atoms with van der Waals surface area (Å²) < 4.78 is 5.41. The Balaban J connectivity index is 2.29. The molecule has 0 aromatic carbocycles. The van der Waals surface area contributed by atoms with Gasteiger partial charge in [0.2, 0.25) is 17.8 Å². The normalized spacial score (nSPS) is 18.1. The number of likely N-dealkylation sites (N-methyl/N-ethyl adjacent to an activating group) is 1. The van der Waals surface area contributed by atoms with E-state index in [1.54, 1.807) is 0 Å². The highest BCUT2D eigenvalue weighted by Gasteiger charge is 2.23. The van der Waals surface area contributed by atoms with E-state index in [-0.39, 0.29) is 0 Å². The zero-order valence-corrected chi connectivity index (χ0v) is 12.3. The Labute approximate surface area is 119 Å². The Bertz CT molecular complexity index is 432. The third kappa shape index (κ3) is 3.07. The number of nitrogen functional groups attached to an aromatic ring is 1. The monoisotopic (exact) mass is 281 g/mol. The van der Waals surface area contributed by atoms with Gasteiger partial charge in [-0.3, -0.25) is 5.43 Å². The molecular weight excluding hydrogens is 258 g/mol. The maximum atomic E-state index is 5.46. The van der Waals surface area contributed by atoms with Gasteiger partial charge in [-0.25, -0.2) is 5.84 Å². The molecule has 1 aliphatic heterocycles. The van der Waals surface area contributed by atoms with Crippen molar-refractivity contribution >= 4 is 17.8 Å². The number of aromatic nitrogens is 3. The molecular formula is C12H23N7O. The molecule has 1 aliphatic rings. The van der Waals surface area contributed by atoms with Crippen molar-refractivity contribution in [3.8, 4) is 0 Å². The molecule has 1 fully saturated rings. The Morgan fingerprint density at radius 3 is 2.50 bits per heavy atom. The average molecular weight is 281 g/mol. The highest BCUT2D eigenvalue weighted by atomic mass is 16.5. The topological polar surface area (TPSA) is 92.4 Å². The molecule has 0 radical (unpaired) electrons. The van der Waals surface area contributed by atoms with Gasteiger partial charge in [0.25, 0.3) is 0 Å². The molecule has 0 bridgehead atoms. The second-order valence-corrected chi connectivity index (χ2v) is 4.70. The highest BCUT2D eigenvalue weighted by Crippen LogP contribution is 2.20. The Morgan fingerprint density at radius 1 is 1.25 bits per heavy atom. The first-order chi connectivity index (χ1) is 9.69. The fourth-order valence-corrected chi connectivity index (χ4v) is 2.21. The van der Waals surface area contributed by atoms with Crippen LogP contribution >= 0.6 is 0 Å². The van der Waals surface area contributed by atoms with E-state index in [0.717, 1.165) is 26.1 Å². The lowest BCUT2D eigenvalue weighted by Crippen LogP contribution is -2.34. The van der Waals surface area contributed by atoms with Crippen molar-refractivity contribution in [2.75, 3.05) is 48.6 Å². The van der Waals surface area contributed by atoms with Gasteiger partial charge >= 0.3 is 0 Å². The third-order valence-corrected chi connectivity index (χ3v) is 3.56. The zero-order chi connectivity index (χ0) is 14.5. The van der Waals surface area contributed by atoms with Crippen molar-refractivity contribution in [1.82, 2.24) is 15.0 Å². The van der Waals surface area contributed by atoms with E-state index in [2.05, 4.69) is 39.1 Å². The van der Waals surface area contributed by atoms with Crippen molar-refractivity contribution < 1.29 is 4.74 Å². The van der Waals surface area contributed by atoms with Crippen LogP contribution in [0.5, 0.6) is 0 Å². The first kappa shape index (κ1) is 14.7. The van der Waals surface area contributed by atoms with Gasteiger partial charge in [-0.05, 0) is 20.3 Å². The van der Waals surface area contributed by atoms with E-state index >= 15 is 0 Å². The smallest absolute Gasteiger partial charge is 0.243 e. The van der Waals surface area contributed by atoms with Crippen LogP contribution in [0, 0.1) is 0 Å². The summed E-state index contributed by atoms with van der Waals surface area (Å²) in [6.45, 7) is 7.29. The number of hydrazine groups is 1. The van der Waals surface area contributed by atoms with Crippen LogP contribution in [0.2, 0.25) is 0 Å². The molecule has 1 saturated heterocycles. The first-order valence-corrected chi connectivity index (χ1v) is 6.97. The van der Waals surface area contributed by atoms with E-state index < -0.39 is 0 Å². The third-order valence-electron chi connectivity index (χ3n) is 3.56. The maximum absolute atomic E-state index is 5.46. The summed E-state index contributed by atoms with van der Waals surface area (Å²) in [6.07, 6.45) is 0.980. The number of nitrogens with two attached hydrogens (primary N) is 1. The van der Waals surface area contributed by atoms with Crippen molar-refractivity contribution in [2.45, 2.75) is 26.3 Å². The summed E-state index contributed by atoms with van der Waals surface area (Å²) >= 11 is 0. The minimum absolute atomic E-state index is 0.299. The number of hydrogen-bond acceptors (Lipinski definition) is 8. The average Bonchev–Trinajstić information content (AvgIpc) is 3.01. The molecule has 0 saturated carbocycles. The minimum atomic E-state index is 0.299. The molecule has 2 heterocycles. The lowest BCUT2D eigenvalue weighted by atomic mass is 10.2. The van der Waals surface area contributed by atoms with Gasteiger partial charge in [-0.15, -0.1) is 0 Å². The Hall–Kier alpha value is -1.67. The van der Waals surface area contributed by atoms with Gasteiger partial charge in [-0.1, -0.05) is 0 Å². The van der Waals surface area contributed by atoms with Crippen LogP contribution in [0.4, 0.5) is 17.8 Å². The molecule has 1 aromatic rings. The molecule has 8 heteroatoms. The van der Waals surface area contributed by atoms with Crippen LogP contribution in [-0.2, 0) is 4.74 Å². The molecule has 20 heavy (non-hydrogen) atoms. The van der Waals surface area contributed by atoms with Gasteiger partial charge in [0.05, 0.1) is 12.6 Å². The van der Waals surface area contributed by atoms with Crippen LogP contribution < -0.4 is 21.1 Å². The van der Waals surface area contributed by atoms with Crippen LogP contribution in [-0.4, -0.2) is 54.3 Å². The summed E-state index contributed by atoms with van der Waals surface area (Å²) in [7, 11) is 1.97. The second kappa shape index (κ2) is 6.67. The largest absolute Gasteiger partial charge is 0.379 e. The number of ether oxygens (including phenoxy) is 1. The molecule has 0 spiro atoms. The van der Waals surface area contributed by atoms with Crippen LogP contribution in [0.25, 0.3) is 0 Å². The Kier molecular flexibility index (Phi) is 4.91. The standard InChI is InChI=1S/C12H23N7O/c1-4-19(5-2)12-15-10(17-13)14-11(16-12)18(3)9-6-7-20-8-9/h9H,4-8,13H2,1-3H3,(H,14,15,16,17). The van der Waals surface area contributed by atoms with E-state index in [0.29, 0.717) is 30.5 Å². The zero-order valence-electron chi connectivity index (χ0n) is 12.3. The van der Waals surface area contributed by atoms with Crippen LogP contribution in [0.3, 0.4) is 0 Å². The predicted molar refractivity (Wildman–Crippen MR) is 78.8 cm³/mol. The maximum Gasteiger partial charge on any atom is 0.243 e. The van der Waals surface area contributed by atoms with E-state index in [1.165, 1.54) is 0 Å². The molecule has 112 valence electrons. The first-order valence-electron chi connectivity index (χ1n) is 6.97. The molecule has 1 atom stereocenters. The van der Waals surface area contributed by atoms with Gasteiger partial charge in [0, 0.05) is 26.7 Å². The summed E-state index contributed by atoms with van der Waals surface area (Å²) in [5.41, 5.74) is 2.51. The van der Waals surface area contributed by atoms with Crippen LogP contribution in [0.15, 0.2) is 0 Å². The number of anilines is 3. The van der Waals surface area contributed by atoms with E-state index in [9.17, 15) is 0 Å². The van der Waals surface area contributed by atoms with Gasteiger partial charge in [-0.2, -0.15) is 15.0 Å². The molecule has 1 unspecified atom stereocenters. The summed E-state index contributed by atoms with van der Waals surface area (Å²) in [5, 5.41) is 0. The minimum Gasteiger partial charge on any atom is -0.379 e. The molecule has 3 N–H and O–H groups in total. The van der Waals surface area contributed by atoms with E-state index in [4.69, 9.17) is 10.6 Å². The Morgan fingerprint density at radius 2 is 1.95 bits per heavy atom. The van der Waals surface area contributed by atoms with Crippen LogP contribution in [0.1, 0.15) is 20.3 Å². The summed E-state index contributed by atoms with van der Waals surface area (Å²) in [5.74, 6) is 7.09. The lowest BCUT2D eigenvalue weighted by Gasteiger charge is -2.25. The van der Waals surface area contributed by atoms with Gasteiger partial charge < -0.3 is 14.5 Å². The lowest BCUT2D eigenvalue weighted by molar-refractivity contribution is 0.193. The number of rotatable bonds is 6. The second-order valence-electron chi connectivity index (χ2n) is 4.70. The van der Waals surface area contributed by atoms with Gasteiger partial charge in [0.15, 0.2) is 0 Å². The number of nitrogens with zero attached hydrogens (tertiary/aromatic N) is 5. The quantitative estimate of drug-likeness (QED) is 0.565. The van der Waals surface area contributed by atoms with Gasteiger partial charge in [0.1, 0.15) is 0 Å². The number of hydrogen-bond donors (Lipinski definition) is 2. The molecule has 1 aromatic heterocycles.